The Morgan fingerprint density at radius 1 is 1.13 bits per heavy atom. The zero-order chi connectivity index (χ0) is 21.7. The van der Waals surface area contributed by atoms with E-state index in [-0.39, 0.29) is 17.1 Å². The van der Waals surface area contributed by atoms with Gasteiger partial charge in [0.15, 0.2) is 11.5 Å². The molecule has 1 unspecified atom stereocenters. The molecule has 2 N–H and O–H groups in total. The Morgan fingerprint density at radius 3 is 2.50 bits per heavy atom. The van der Waals surface area contributed by atoms with Crippen LogP contribution in [0.2, 0.25) is 0 Å². The van der Waals surface area contributed by atoms with Crippen molar-refractivity contribution in [1.29, 1.82) is 0 Å². The highest BCUT2D eigenvalue weighted by molar-refractivity contribution is 7.08. The lowest BCUT2D eigenvalue weighted by Gasteiger charge is -2.27. The zero-order valence-electron chi connectivity index (χ0n) is 15.4. The maximum absolute atomic E-state index is 15.0. The topological polar surface area (TPSA) is 71.6 Å². The maximum atomic E-state index is 15.0. The van der Waals surface area contributed by atoms with E-state index in [1.54, 1.807) is 0 Å². The van der Waals surface area contributed by atoms with Crippen LogP contribution < -0.4 is 5.73 Å². The van der Waals surface area contributed by atoms with Crippen LogP contribution in [0, 0.1) is 5.82 Å². The molecule has 4 rings (SSSR count). The summed E-state index contributed by atoms with van der Waals surface area (Å²) in [5, 5.41) is 3.66. The molecule has 0 bridgehead atoms. The van der Waals surface area contributed by atoms with Gasteiger partial charge in [0.05, 0.1) is 0 Å². The highest BCUT2D eigenvalue weighted by atomic mass is 32.1. The fourth-order valence-corrected chi connectivity index (χ4v) is 4.05. The molecule has 3 heterocycles. The average molecular weight is 434 g/mol. The summed E-state index contributed by atoms with van der Waals surface area (Å²) in [7, 11) is 1.33. The number of halogens is 4. The number of benzene rings is 1. The van der Waals surface area contributed by atoms with Crippen molar-refractivity contribution in [3.63, 3.8) is 0 Å². The summed E-state index contributed by atoms with van der Waals surface area (Å²) in [6, 6.07) is 7.82. The van der Waals surface area contributed by atoms with E-state index in [2.05, 4.69) is 9.98 Å². The van der Waals surface area contributed by atoms with E-state index >= 15 is 4.39 Å². The normalized spacial score (nSPS) is 19.3. The Hall–Kier alpha value is -3.27. The third kappa shape index (κ3) is 3.04. The van der Waals surface area contributed by atoms with E-state index in [4.69, 9.17) is 5.73 Å². The molecule has 1 aromatic carbocycles. The third-order valence-corrected chi connectivity index (χ3v) is 5.60. The molecular formula is C20H14F4N4OS. The number of alkyl halides is 3. The van der Waals surface area contributed by atoms with Crippen molar-refractivity contribution in [3.05, 3.63) is 76.0 Å². The molecule has 1 aliphatic rings. The van der Waals surface area contributed by atoms with Crippen LogP contribution in [-0.4, -0.2) is 28.8 Å². The van der Waals surface area contributed by atoms with Crippen molar-refractivity contribution >= 4 is 23.2 Å². The van der Waals surface area contributed by atoms with Crippen LogP contribution in [0.4, 0.5) is 17.6 Å². The number of thiophene rings is 1. The lowest BCUT2D eigenvalue weighted by Crippen LogP contribution is -2.41. The predicted molar refractivity (Wildman–Crippen MR) is 104 cm³/mol. The fourth-order valence-electron chi connectivity index (χ4n) is 3.38. The number of pyridine rings is 1. The Labute approximate surface area is 172 Å². The van der Waals surface area contributed by atoms with E-state index in [0.29, 0.717) is 11.6 Å². The molecular weight excluding hydrogens is 420 g/mol. The van der Waals surface area contributed by atoms with Crippen molar-refractivity contribution in [3.8, 4) is 11.1 Å². The van der Waals surface area contributed by atoms with Gasteiger partial charge in [-0.05, 0) is 57.8 Å². The van der Waals surface area contributed by atoms with Gasteiger partial charge in [0.2, 0.25) is 0 Å². The number of guanidine groups is 1. The van der Waals surface area contributed by atoms with Crippen LogP contribution in [0.3, 0.4) is 0 Å². The number of aromatic nitrogens is 1. The van der Waals surface area contributed by atoms with Crippen LogP contribution in [-0.2, 0) is 16.5 Å². The molecule has 5 nitrogen and oxygen atoms in total. The predicted octanol–water partition coefficient (Wildman–Crippen LogP) is 4.00. The zero-order valence-corrected chi connectivity index (χ0v) is 16.3. The third-order valence-electron chi connectivity index (χ3n) is 4.92. The van der Waals surface area contributed by atoms with Crippen LogP contribution >= 0.6 is 11.3 Å². The number of likely N-dealkylation sites (N-methyl/N-ethyl adjacent to an activating group) is 1. The molecule has 30 heavy (non-hydrogen) atoms. The van der Waals surface area contributed by atoms with Gasteiger partial charge in [-0.2, -0.15) is 24.5 Å². The first-order chi connectivity index (χ1) is 14.1. The lowest BCUT2D eigenvalue weighted by molar-refractivity contribution is -0.141. The van der Waals surface area contributed by atoms with Crippen molar-refractivity contribution in [1.82, 2.24) is 9.88 Å². The van der Waals surface area contributed by atoms with Gasteiger partial charge in [-0.15, -0.1) is 0 Å². The fraction of sp³-hybridized carbons (Fsp3) is 0.150. The van der Waals surface area contributed by atoms with Gasteiger partial charge in [0.25, 0.3) is 5.91 Å². The molecule has 0 spiro atoms. The molecule has 10 heteroatoms. The molecule has 0 saturated heterocycles. The lowest BCUT2D eigenvalue weighted by atomic mass is 9.81. The number of aliphatic imine (C=N–C) groups is 1. The minimum Gasteiger partial charge on any atom is -0.369 e. The number of hydrogen-bond acceptors (Lipinski definition) is 5. The van der Waals surface area contributed by atoms with Gasteiger partial charge in [-0.1, -0.05) is 6.07 Å². The molecule has 154 valence electrons. The highest BCUT2D eigenvalue weighted by Gasteiger charge is 2.52. The van der Waals surface area contributed by atoms with Crippen molar-refractivity contribution in [2.75, 3.05) is 7.05 Å². The monoisotopic (exact) mass is 434 g/mol. The second-order valence-corrected chi connectivity index (χ2v) is 7.46. The van der Waals surface area contributed by atoms with Gasteiger partial charge in [0.1, 0.15) is 11.5 Å². The van der Waals surface area contributed by atoms with Gasteiger partial charge < -0.3 is 5.73 Å². The number of hydrogen-bond donors (Lipinski definition) is 1. The summed E-state index contributed by atoms with van der Waals surface area (Å²) in [6.07, 6.45) is -3.84. The molecule has 0 aliphatic carbocycles. The summed E-state index contributed by atoms with van der Waals surface area (Å²) in [5.41, 5.74) is 3.50. The first-order valence-electron chi connectivity index (χ1n) is 8.64. The van der Waals surface area contributed by atoms with Crippen molar-refractivity contribution < 1.29 is 22.4 Å². The van der Waals surface area contributed by atoms with E-state index in [9.17, 15) is 18.0 Å². The van der Waals surface area contributed by atoms with Gasteiger partial charge in [-0.25, -0.2) is 9.38 Å². The van der Waals surface area contributed by atoms with Crippen LogP contribution in [0.5, 0.6) is 0 Å². The Bertz CT molecular complexity index is 1160. The smallest absolute Gasteiger partial charge is 0.369 e. The summed E-state index contributed by atoms with van der Waals surface area (Å²) < 4.78 is 54.9. The van der Waals surface area contributed by atoms with Crippen LogP contribution in [0.15, 0.2) is 58.3 Å². The van der Waals surface area contributed by atoms with E-state index in [1.807, 2.05) is 16.8 Å². The standard InChI is InChI=1S/C20H14F4N4OS/c1-28-17(29)19(27-18(28)25,13-4-6-26-16(9-13)20(22,23)24)14-8-11(2-3-15(14)21)12-5-7-30-10-12/h2-10H,1H3,(H2,25,27). The van der Waals surface area contributed by atoms with Gasteiger partial charge >= 0.3 is 6.18 Å². The number of amides is 1. The largest absolute Gasteiger partial charge is 0.433 e. The number of carbonyl (C=O) groups is 1. The first kappa shape index (κ1) is 20.0. The minimum absolute atomic E-state index is 0.177. The van der Waals surface area contributed by atoms with E-state index in [1.165, 1.54) is 36.6 Å². The molecule has 0 radical (unpaired) electrons. The second kappa shape index (κ2) is 6.91. The van der Waals surface area contributed by atoms with Gasteiger partial charge in [0, 0.05) is 18.8 Å². The maximum Gasteiger partial charge on any atom is 0.433 e. The summed E-state index contributed by atoms with van der Waals surface area (Å²) in [6.45, 7) is 0. The Balaban J connectivity index is 2.01. The highest BCUT2D eigenvalue weighted by Crippen LogP contribution is 2.43. The van der Waals surface area contributed by atoms with Crippen LogP contribution in [0.25, 0.3) is 11.1 Å². The second-order valence-electron chi connectivity index (χ2n) is 6.68. The molecule has 2 aromatic heterocycles. The van der Waals surface area contributed by atoms with Gasteiger partial charge in [-0.3, -0.25) is 14.7 Å². The average Bonchev–Trinajstić information content (AvgIpc) is 3.32. The Kier molecular flexibility index (Phi) is 4.61. The van der Waals surface area contributed by atoms with Crippen molar-refractivity contribution in [2.45, 2.75) is 11.7 Å². The molecule has 1 aliphatic heterocycles. The Morgan fingerprint density at radius 2 is 1.90 bits per heavy atom. The number of nitrogens with two attached hydrogens (primary N) is 1. The SMILES string of the molecule is CN1C(=O)C(c2ccnc(C(F)(F)F)c2)(c2cc(-c3ccsc3)ccc2F)N=C1N. The molecule has 1 amide bonds. The van der Waals surface area contributed by atoms with E-state index in [0.717, 1.165) is 22.7 Å². The summed E-state index contributed by atoms with van der Waals surface area (Å²) in [4.78, 5) is 21.7. The number of rotatable bonds is 3. The minimum atomic E-state index is -4.75. The van der Waals surface area contributed by atoms with Crippen LogP contribution in [0.1, 0.15) is 16.8 Å². The summed E-state index contributed by atoms with van der Waals surface area (Å²) in [5.74, 6) is -1.79. The molecule has 1 atom stereocenters. The first-order valence-corrected chi connectivity index (χ1v) is 9.58. The number of carbonyl (C=O) groups excluding carboxylic acids is 1. The molecule has 0 saturated carbocycles. The molecule has 3 aromatic rings. The molecule has 0 fully saturated rings. The number of nitrogens with zero attached hydrogens (tertiary/aromatic N) is 3. The van der Waals surface area contributed by atoms with Crippen molar-refractivity contribution in [2.24, 2.45) is 10.7 Å². The quantitative estimate of drug-likeness (QED) is 0.634. The van der Waals surface area contributed by atoms with E-state index < -0.39 is 29.1 Å². The summed E-state index contributed by atoms with van der Waals surface area (Å²) >= 11 is 1.43.